The van der Waals surface area contributed by atoms with Crippen molar-refractivity contribution >= 4 is 11.8 Å². The van der Waals surface area contributed by atoms with Gasteiger partial charge in [0.2, 0.25) is 11.8 Å². The van der Waals surface area contributed by atoms with Crippen LogP contribution in [-0.4, -0.2) is 48.3 Å². The molecular weight excluding hydrogens is 312 g/mol. The van der Waals surface area contributed by atoms with Gasteiger partial charge in [-0.2, -0.15) is 10.2 Å². The number of aliphatic hydroxyl groups is 2. The molecule has 0 radical (unpaired) electrons. The highest BCUT2D eigenvalue weighted by Gasteiger charge is 2.47. The number of aliphatic hydroxyl groups excluding tert-OH is 2. The zero-order valence-electron chi connectivity index (χ0n) is 15.6. The summed E-state index contributed by atoms with van der Waals surface area (Å²) in [4.78, 5) is 23.7. The SMILES string of the molecule is CC(C)(CO)C(C)(C/N=N/CC(C)(C(N)=O)C(C)(C)CO)C(N)=O. The van der Waals surface area contributed by atoms with Crippen molar-refractivity contribution in [2.45, 2.75) is 41.5 Å². The van der Waals surface area contributed by atoms with Crippen LogP contribution >= 0.6 is 0 Å². The summed E-state index contributed by atoms with van der Waals surface area (Å²) in [6.07, 6.45) is 0. The predicted octanol–water partition coefficient (Wildman–Crippen LogP) is 0.459. The third-order valence-electron chi connectivity index (χ3n) is 5.74. The van der Waals surface area contributed by atoms with Crippen LogP contribution in [0.5, 0.6) is 0 Å². The fourth-order valence-corrected chi connectivity index (χ4v) is 1.98. The molecule has 0 aliphatic heterocycles. The lowest BCUT2D eigenvalue weighted by Gasteiger charge is -2.40. The quantitative estimate of drug-likeness (QED) is 0.425. The average Bonchev–Trinajstić information content (AvgIpc) is 2.49. The molecule has 0 aromatic heterocycles. The summed E-state index contributed by atoms with van der Waals surface area (Å²) in [5.41, 5.74) is 7.20. The molecule has 2 amide bonds. The maximum absolute atomic E-state index is 11.8. The molecule has 0 rings (SSSR count). The van der Waals surface area contributed by atoms with Gasteiger partial charge in [0, 0.05) is 24.0 Å². The fourth-order valence-electron chi connectivity index (χ4n) is 1.98. The zero-order valence-corrected chi connectivity index (χ0v) is 15.6. The predicted molar refractivity (Wildman–Crippen MR) is 90.9 cm³/mol. The minimum Gasteiger partial charge on any atom is -0.396 e. The topological polar surface area (TPSA) is 151 Å². The maximum Gasteiger partial charge on any atom is 0.225 e. The molecule has 0 aliphatic carbocycles. The first-order chi connectivity index (χ1) is 10.7. The summed E-state index contributed by atoms with van der Waals surface area (Å²) in [6.45, 7) is 9.59. The van der Waals surface area contributed by atoms with Gasteiger partial charge in [-0.25, -0.2) is 0 Å². The third kappa shape index (κ3) is 4.10. The molecule has 0 saturated heterocycles. The normalized spacial score (nSPS) is 18.2. The number of hydrogen-bond acceptors (Lipinski definition) is 6. The number of carbonyl (C=O) groups is 2. The largest absolute Gasteiger partial charge is 0.396 e. The van der Waals surface area contributed by atoms with E-state index in [-0.39, 0.29) is 26.3 Å². The van der Waals surface area contributed by atoms with Crippen LogP contribution in [0.2, 0.25) is 0 Å². The zero-order chi connectivity index (χ0) is 19.4. The molecule has 0 aromatic rings. The van der Waals surface area contributed by atoms with Gasteiger partial charge in [-0.3, -0.25) is 9.59 Å². The van der Waals surface area contributed by atoms with Gasteiger partial charge in [0.1, 0.15) is 0 Å². The van der Waals surface area contributed by atoms with E-state index in [1.807, 2.05) is 0 Å². The molecule has 2 unspecified atom stereocenters. The van der Waals surface area contributed by atoms with Gasteiger partial charge in [-0.1, -0.05) is 27.7 Å². The first-order valence-electron chi connectivity index (χ1n) is 7.86. The van der Waals surface area contributed by atoms with Crippen LogP contribution in [-0.2, 0) is 9.59 Å². The molecule has 24 heavy (non-hydrogen) atoms. The van der Waals surface area contributed by atoms with Gasteiger partial charge < -0.3 is 21.7 Å². The first kappa shape index (κ1) is 22.5. The highest BCUT2D eigenvalue weighted by molar-refractivity contribution is 5.82. The van der Waals surface area contributed by atoms with Crippen molar-refractivity contribution in [2.75, 3.05) is 26.3 Å². The van der Waals surface area contributed by atoms with Crippen molar-refractivity contribution in [2.24, 2.45) is 43.4 Å². The van der Waals surface area contributed by atoms with E-state index in [0.29, 0.717) is 0 Å². The Morgan fingerprint density at radius 1 is 0.750 bits per heavy atom. The lowest BCUT2D eigenvalue weighted by molar-refractivity contribution is -0.136. The van der Waals surface area contributed by atoms with Crippen LogP contribution < -0.4 is 11.5 Å². The van der Waals surface area contributed by atoms with Crippen molar-refractivity contribution < 1.29 is 19.8 Å². The Hall–Kier alpha value is -1.54. The van der Waals surface area contributed by atoms with Gasteiger partial charge in [0.05, 0.1) is 23.9 Å². The third-order valence-corrected chi connectivity index (χ3v) is 5.74. The van der Waals surface area contributed by atoms with E-state index in [1.165, 1.54) is 0 Å². The van der Waals surface area contributed by atoms with Crippen molar-refractivity contribution in [3.8, 4) is 0 Å². The highest BCUT2D eigenvalue weighted by Crippen LogP contribution is 2.40. The summed E-state index contributed by atoms with van der Waals surface area (Å²) >= 11 is 0. The van der Waals surface area contributed by atoms with Crippen LogP contribution in [0.4, 0.5) is 0 Å². The molecule has 0 aliphatic rings. The molecule has 0 heterocycles. The van der Waals surface area contributed by atoms with E-state index >= 15 is 0 Å². The molecule has 8 heteroatoms. The van der Waals surface area contributed by atoms with E-state index in [4.69, 9.17) is 11.5 Å². The first-order valence-corrected chi connectivity index (χ1v) is 7.86. The number of primary amides is 2. The molecular formula is C16H32N4O4. The van der Waals surface area contributed by atoms with Crippen molar-refractivity contribution in [3.05, 3.63) is 0 Å². The van der Waals surface area contributed by atoms with Crippen molar-refractivity contribution in [1.82, 2.24) is 0 Å². The number of nitrogens with zero attached hydrogens (tertiary/aromatic N) is 2. The van der Waals surface area contributed by atoms with Gasteiger partial charge >= 0.3 is 0 Å². The molecule has 140 valence electrons. The highest BCUT2D eigenvalue weighted by atomic mass is 16.3. The van der Waals surface area contributed by atoms with Crippen molar-refractivity contribution in [1.29, 1.82) is 0 Å². The number of rotatable bonds is 10. The second kappa shape index (κ2) is 7.57. The molecule has 0 bridgehead atoms. The lowest BCUT2D eigenvalue weighted by atomic mass is 9.66. The van der Waals surface area contributed by atoms with Gasteiger partial charge in [-0.15, -0.1) is 0 Å². The molecule has 0 spiro atoms. The lowest BCUT2D eigenvalue weighted by Crippen LogP contribution is -2.50. The monoisotopic (exact) mass is 344 g/mol. The minimum atomic E-state index is -1.10. The Bertz CT molecular complexity index is 460. The number of carbonyl (C=O) groups excluding carboxylic acids is 2. The van der Waals surface area contributed by atoms with Crippen LogP contribution in [0.15, 0.2) is 10.2 Å². The Balaban J connectivity index is 5.35. The number of amides is 2. The molecule has 0 saturated carbocycles. The molecule has 0 aromatic carbocycles. The Labute approximate surface area is 143 Å². The van der Waals surface area contributed by atoms with E-state index in [1.54, 1.807) is 41.5 Å². The summed E-state index contributed by atoms with van der Waals surface area (Å²) in [5.74, 6) is -1.18. The molecule has 0 fully saturated rings. The Kier molecular flexibility index (Phi) is 7.08. The minimum absolute atomic E-state index is 0.0235. The Morgan fingerprint density at radius 2 is 1.00 bits per heavy atom. The van der Waals surface area contributed by atoms with Crippen LogP contribution in [0.25, 0.3) is 0 Å². The smallest absolute Gasteiger partial charge is 0.225 e. The van der Waals surface area contributed by atoms with E-state index in [0.717, 1.165) is 0 Å². The molecule has 2 atom stereocenters. The standard InChI is InChI=1S/C16H32N4O4/c1-13(2,9-21)15(5,11(17)23)7-19-20-8-16(6,12(18)24)14(3,4)10-22/h21-22H,7-10H2,1-6H3,(H2,17,23)(H2,18,24)/b20-19+. The second-order valence-corrected chi connectivity index (χ2v) is 8.08. The average molecular weight is 344 g/mol. The van der Waals surface area contributed by atoms with Crippen LogP contribution in [0.1, 0.15) is 41.5 Å². The summed E-state index contributed by atoms with van der Waals surface area (Å²) in [5, 5.41) is 27.0. The number of hydrogen-bond donors (Lipinski definition) is 4. The maximum atomic E-state index is 11.8. The van der Waals surface area contributed by atoms with Crippen LogP contribution in [0, 0.1) is 21.7 Å². The number of azo groups is 1. The van der Waals surface area contributed by atoms with E-state index in [2.05, 4.69) is 10.2 Å². The van der Waals surface area contributed by atoms with Crippen LogP contribution in [0.3, 0.4) is 0 Å². The van der Waals surface area contributed by atoms with Gasteiger partial charge in [0.25, 0.3) is 0 Å². The van der Waals surface area contributed by atoms with E-state index < -0.39 is 33.5 Å². The van der Waals surface area contributed by atoms with Gasteiger partial charge in [-0.05, 0) is 13.8 Å². The fraction of sp³-hybridized carbons (Fsp3) is 0.875. The second-order valence-electron chi connectivity index (χ2n) is 8.08. The van der Waals surface area contributed by atoms with Crippen molar-refractivity contribution in [3.63, 3.8) is 0 Å². The summed E-state index contributed by atoms with van der Waals surface area (Å²) in [7, 11) is 0. The van der Waals surface area contributed by atoms with E-state index in [9.17, 15) is 19.8 Å². The Morgan fingerprint density at radius 3 is 1.17 bits per heavy atom. The summed E-state index contributed by atoms with van der Waals surface area (Å²) < 4.78 is 0. The number of nitrogens with two attached hydrogens (primary N) is 2. The molecule has 8 nitrogen and oxygen atoms in total. The molecule has 6 N–H and O–H groups in total. The van der Waals surface area contributed by atoms with Gasteiger partial charge in [0.15, 0.2) is 0 Å². The summed E-state index contributed by atoms with van der Waals surface area (Å²) in [6, 6.07) is 0.